The molecule has 5 nitrogen and oxygen atoms in total. The highest BCUT2D eigenvalue weighted by Gasteiger charge is 2.27. The second-order valence-corrected chi connectivity index (χ2v) is 5.96. The molecule has 0 radical (unpaired) electrons. The fraction of sp³-hybridized carbons (Fsp3) is 0.211. The van der Waals surface area contributed by atoms with E-state index in [-0.39, 0.29) is 12.5 Å². The molecule has 1 amide bonds. The molecule has 1 unspecified atom stereocenters. The molecule has 5 heteroatoms. The Morgan fingerprint density at radius 3 is 2.71 bits per heavy atom. The normalized spacial score (nSPS) is 13.5. The zero-order valence-corrected chi connectivity index (χ0v) is 13.6. The molecule has 24 heavy (non-hydrogen) atoms. The first kappa shape index (κ1) is 16.1. The van der Waals surface area contributed by atoms with Crippen molar-refractivity contribution in [3.8, 4) is 11.1 Å². The lowest BCUT2D eigenvalue weighted by Gasteiger charge is -2.21. The number of amides is 1. The van der Waals surface area contributed by atoms with Crippen molar-refractivity contribution < 1.29 is 18.7 Å². The monoisotopic (exact) mass is 325 g/mol. The summed E-state index contributed by atoms with van der Waals surface area (Å²) in [4.78, 5) is 12.4. The maximum absolute atomic E-state index is 12.4. The van der Waals surface area contributed by atoms with Crippen molar-refractivity contribution in [1.82, 2.24) is 5.32 Å². The van der Waals surface area contributed by atoms with Gasteiger partial charge in [-0.3, -0.25) is 4.79 Å². The summed E-state index contributed by atoms with van der Waals surface area (Å²) >= 11 is 0. The average Bonchev–Trinajstić information content (AvgIpc) is 3.24. The molecule has 0 fully saturated rings. The molecule has 3 rings (SSSR count). The Morgan fingerprint density at radius 2 is 2.04 bits per heavy atom. The number of hydrogen-bond donors (Lipinski definition) is 2. The first-order valence-corrected chi connectivity index (χ1v) is 7.66. The van der Waals surface area contributed by atoms with Crippen LogP contribution in [0.2, 0.25) is 0 Å². The first-order valence-electron chi connectivity index (χ1n) is 7.66. The Hall–Kier alpha value is -2.79. The second kappa shape index (κ2) is 6.37. The third kappa shape index (κ3) is 3.41. The lowest BCUT2D eigenvalue weighted by Crippen LogP contribution is -2.38. The van der Waals surface area contributed by atoms with Gasteiger partial charge in [-0.25, -0.2) is 0 Å². The Bertz CT molecular complexity index is 831. The summed E-state index contributed by atoms with van der Waals surface area (Å²) in [6, 6.07) is 12.5. The maximum atomic E-state index is 12.4. The van der Waals surface area contributed by atoms with Gasteiger partial charge in [-0.1, -0.05) is 12.1 Å². The highest BCUT2D eigenvalue weighted by Crippen LogP contribution is 2.23. The predicted molar refractivity (Wildman–Crippen MR) is 89.5 cm³/mol. The van der Waals surface area contributed by atoms with Crippen LogP contribution in [0.25, 0.3) is 11.1 Å². The van der Waals surface area contributed by atoms with Crippen LogP contribution in [0.3, 0.4) is 0 Å². The lowest BCUT2D eigenvalue weighted by atomic mass is 10.0. The number of nitrogens with one attached hydrogen (secondary N) is 1. The molecule has 2 N–H and O–H groups in total. The van der Waals surface area contributed by atoms with Gasteiger partial charge in [-0.15, -0.1) is 0 Å². The van der Waals surface area contributed by atoms with Crippen LogP contribution < -0.4 is 5.32 Å². The van der Waals surface area contributed by atoms with Crippen LogP contribution in [0.1, 0.15) is 28.8 Å². The summed E-state index contributed by atoms with van der Waals surface area (Å²) in [6.07, 6.45) is 3.21. The van der Waals surface area contributed by atoms with Crippen molar-refractivity contribution in [3.05, 3.63) is 72.1 Å². The second-order valence-electron chi connectivity index (χ2n) is 5.96. The largest absolute Gasteiger partial charge is 0.472 e. The third-order valence-corrected chi connectivity index (χ3v) is 3.84. The van der Waals surface area contributed by atoms with Crippen LogP contribution >= 0.6 is 0 Å². The number of carbonyl (C=O) groups excluding carboxylic acids is 1. The van der Waals surface area contributed by atoms with Crippen molar-refractivity contribution in [2.45, 2.75) is 19.4 Å². The van der Waals surface area contributed by atoms with E-state index in [0.29, 0.717) is 17.1 Å². The minimum absolute atomic E-state index is 0.0503. The van der Waals surface area contributed by atoms with E-state index < -0.39 is 5.60 Å². The number of rotatable bonds is 5. The molecule has 1 atom stereocenters. The molecule has 2 aromatic heterocycles. The molecule has 0 aliphatic carbocycles. The minimum atomic E-state index is -1.27. The molecule has 0 aliphatic rings. The third-order valence-electron chi connectivity index (χ3n) is 3.84. The number of aryl methyl sites for hydroxylation is 1. The highest BCUT2D eigenvalue weighted by molar-refractivity contribution is 5.95. The average molecular weight is 325 g/mol. The molecule has 0 aliphatic heterocycles. The molecule has 0 spiro atoms. The predicted octanol–water partition coefficient (Wildman–Crippen LogP) is 3.49. The van der Waals surface area contributed by atoms with Gasteiger partial charge in [0.05, 0.1) is 19.1 Å². The molecule has 0 saturated carbocycles. The molecule has 0 bridgehead atoms. The lowest BCUT2D eigenvalue weighted by molar-refractivity contribution is 0.0323. The van der Waals surface area contributed by atoms with Crippen molar-refractivity contribution in [1.29, 1.82) is 0 Å². The van der Waals surface area contributed by atoms with Gasteiger partial charge in [0.15, 0.2) is 0 Å². The van der Waals surface area contributed by atoms with Crippen LogP contribution in [0.15, 0.2) is 63.8 Å². The zero-order chi connectivity index (χ0) is 17.2. The number of carbonyl (C=O) groups is 1. The van der Waals surface area contributed by atoms with E-state index >= 15 is 0 Å². The van der Waals surface area contributed by atoms with Gasteiger partial charge in [0.1, 0.15) is 17.1 Å². The first-order chi connectivity index (χ1) is 11.5. The highest BCUT2D eigenvalue weighted by atomic mass is 16.4. The standard InChI is InChI=1S/C19H19NO4/c1-13-6-7-17(24-13)19(2,22)12-20-18(21)15-5-3-4-14(10-15)16-8-9-23-11-16/h3-11,22H,12H2,1-2H3,(H,20,21). The number of aliphatic hydroxyl groups is 1. The van der Waals surface area contributed by atoms with Crippen LogP contribution in [-0.2, 0) is 5.60 Å². The van der Waals surface area contributed by atoms with Gasteiger partial charge in [-0.2, -0.15) is 0 Å². The molecule has 2 heterocycles. The summed E-state index contributed by atoms with van der Waals surface area (Å²) in [7, 11) is 0. The molecular weight excluding hydrogens is 306 g/mol. The number of furan rings is 2. The van der Waals surface area contributed by atoms with Crippen LogP contribution in [0, 0.1) is 6.92 Å². The van der Waals surface area contributed by atoms with E-state index in [9.17, 15) is 9.90 Å². The fourth-order valence-electron chi connectivity index (χ4n) is 2.43. The topological polar surface area (TPSA) is 75.6 Å². The molecule has 0 saturated heterocycles. The summed E-state index contributed by atoms with van der Waals surface area (Å²) < 4.78 is 10.5. The van der Waals surface area contributed by atoms with Gasteiger partial charge in [0.2, 0.25) is 0 Å². The Kier molecular flexibility index (Phi) is 4.27. The van der Waals surface area contributed by atoms with Crippen LogP contribution in [0.5, 0.6) is 0 Å². The van der Waals surface area contributed by atoms with Crippen molar-refractivity contribution in [3.63, 3.8) is 0 Å². The van der Waals surface area contributed by atoms with Gasteiger partial charge >= 0.3 is 0 Å². The zero-order valence-electron chi connectivity index (χ0n) is 13.6. The number of benzene rings is 1. The molecular formula is C19H19NO4. The number of hydrogen-bond acceptors (Lipinski definition) is 4. The smallest absolute Gasteiger partial charge is 0.251 e. The minimum Gasteiger partial charge on any atom is -0.472 e. The van der Waals surface area contributed by atoms with Crippen molar-refractivity contribution in [2.24, 2.45) is 0 Å². The fourth-order valence-corrected chi connectivity index (χ4v) is 2.43. The van der Waals surface area contributed by atoms with Gasteiger partial charge in [-0.05, 0) is 49.7 Å². The van der Waals surface area contributed by atoms with E-state index in [1.54, 1.807) is 50.6 Å². The van der Waals surface area contributed by atoms with Gasteiger partial charge < -0.3 is 19.3 Å². The molecule has 1 aromatic carbocycles. The van der Waals surface area contributed by atoms with E-state index in [0.717, 1.165) is 11.1 Å². The van der Waals surface area contributed by atoms with E-state index in [1.165, 1.54) is 0 Å². The quantitative estimate of drug-likeness (QED) is 0.753. The van der Waals surface area contributed by atoms with Crippen molar-refractivity contribution >= 4 is 5.91 Å². The van der Waals surface area contributed by atoms with Crippen molar-refractivity contribution in [2.75, 3.05) is 6.54 Å². The van der Waals surface area contributed by atoms with E-state index in [2.05, 4.69) is 5.32 Å². The Balaban J connectivity index is 1.70. The summed E-state index contributed by atoms with van der Waals surface area (Å²) in [5, 5.41) is 13.2. The SMILES string of the molecule is Cc1ccc(C(C)(O)CNC(=O)c2cccc(-c3ccoc3)c2)o1. The molecule has 3 aromatic rings. The Morgan fingerprint density at radius 1 is 1.21 bits per heavy atom. The maximum Gasteiger partial charge on any atom is 0.251 e. The van der Waals surface area contributed by atoms with E-state index in [1.807, 2.05) is 18.2 Å². The van der Waals surface area contributed by atoms with Crippen LogP contribution in [0.4, 0.5) is 0 Å². The van der Waals surface area contributed by atoms with Crippen LogP contribution in [-0.4, -0.2) is 17.6 Å². The summed E-state index contributed by atoms with van der Waals surface area (Å²) in [6.45, 7) is 3.46. The van der Waals surface area contributed by atoms with E-state index in [4.69, 9.17) is 8.83 Å². The Labute approximate surface area is 139 Å². The molecule has 124 valence electrons. The van der Waals surface area contributed by atoms with Gasteiger partial charge in [0.25, 0.3) is 5.91 Å². The summed E-state index contributed by atoms with van der Waals surface area (Å²) in [5.74, 6) is 0.876. The van der Waals surface area contributed by atoms with Gasteiger partial charge in [0, 0.05) is 11.1 Å². The summed E-state index contributed by atoms with van der Waals surface area (Å²) in [5.41, 5.74) is 1.04.